The Hall–Kier alpha value is -1.02. The molecule has 0 amide bonds. The molecule has 0 saturated carbocycles. The molecule has 0 bridgehead atoms. The lowest BCUT2D eigenvalue weighted by atomic mass is 9.92. The van der Waals surface area contributed by atoms with Crippen molar-refractivity contribution in [3.63, 3.8) is 0 Å². The second kappa shape index (κ2) is 7.54. The van der Waals surface area contributed by atoms with E-state index < -0.39 is 0 Å². The first-order valence-electron chi connectivity index (χ1n) is 7.53. The Morgan fingerprint density at radius 2 is 1.68 bits per heavy atom. The minimum absolute atomic E-state index is 0.154. The number of rotatable bonds is 8. The van der Waals surface area contributed by atoms with Crippen LogP contribution in [0.3, 0.4) is 0 Å². The van der Waals surface area contributed by atoms with Crippen LogP contribution in [0.1, 0.15) is 71.8 Å². The number of hydrogen-bond acceptors (Lipinski definition) is 2. The SMILES string of the molecule is CCCC(CC)(CC)OOc1ccccc1C(C)C. The lowest BCUT2D eigenvalue weighted by Gasteiger charge is -2.30. The van der Waals surface area contributed by atoms with E-state index in [4.69, 9.17) is 9.78 Å². The van der Waals surface area contributed by atoms with Crippen LogP contribution in [0.25, 0.3) is 0 Å². The van der Waals surface area contributed by atoms with Crippen LogP contribution in [-0.4, -0.2) is 5.60 Å². The fraction of sp³-hybridized carbons (Fsp3) is 0.647. The molecule has 0 aromatic heterocycles. The van der Waals surface area contributed by atoms with Crippen LogP contribution in [0.15, 0.2) is 24.3 Å². The van der Waals surface area contributed by atoms with Gasteiger partial charge in [0.2, 0.25) is 0 Å². The van der Waals surface area contributed by atoms with E-state index >= 15 is 0 Å². The van der Waals surface area contributed by atoms with Crippen LogP contribution in [-0.2, 0) is 4.89 Å². The highest BCUT2D eigenvalue weighted by molar-refractivity contribution is 5.35. The van der Waals surface area contributed by atoms with Crippen LogP contribution < -0.4 is 4.89 Å². The van der Waals surface area contributed by atoms with Gasteiger partial charge in [0.15, 0.2) is 5.75 Å². The highest BCUT2D eigenvalue weighted by Gasteiger charge is 2.28. The maximum atomic E-state index is 5.85. The van der Waals surface area contributed by atoms with Gasteiger partial charge in [-0.25, -0.2) is 0 Å². The summed E-state index contributed by atoms with van der Waals surface area (Å²) in [4.78, 5) is 11.5. The van der Waals surface area contributed by atoms with Gasteiger partial charge in [-0.3, -0.25) is 0 Å². The summed E-state index contributed by atoms with van der Waals surface area (Å²) >= 11 is 0. The molecule has 0 aliphatic heterocycles. The fourth-order valence-corrected chi connectivity index (χ4v) is 2.39. The normalized spacial score (nSPS) is 11.9. The lowest BCUT2D eigenvalue weighted by molar-refractivity contribution is -0.297. The second-order valence-electron chi connectivity index (χ2n) is 5.50. The number of para-hydroxylation sites is 1. The van der Waals surface area contributed by atoms with Gasteiger partial charge in [0.05, 0.1) is 0 Å². The minimum atomic E-state index is -0.154. The minimum Gasteiger partial charge on any atom is -0.337 e. The summed E-state index contributed by atoms with van der Waals surface area (Å²) in [6.07, 6.45) is 4.09. The smallest absolute Gasteiger partial charge is 0.168 e. The van der Waals surface area contributed by atoms with E-state index in [1.807, 2.05) is 18.2 Å². The van der Waals surface area contributed by atoms with Crippen LogP contribution in [0.5, 0.6) is 5.75 Å². The summed E-state index contributed by atoms with van der Waals surface area (Å²) in [6.45, 7) is 10.8. The van der Waals surface area contributed by atoms with E-state index in [2.05, 4.69) is 40.7 Å². The topological polar surface area (TPSA) is 18.5 Å². The quantitative estimate of drug-likeness (QED) is 0.457. The monoisotopic (exact) mass is 264 g/mol. The Morgan fingerprint density at radius 3 is 2.21 bits per heavy atom. The highest BCUT2D eigenvalue weighted by Crippen LogP contribution is 2.31. The van der Waals surface area contributed by atoms with Gasteiger partial charge >= 0.3 is 0 Å². The number of hydrogen-bond donors (Lipinski definition) is 0. The Kier molecular flexibility index (Phi) is 6.36. The van der Waals surface area contributed by atoms with Crippen molar-refractivity contribution >= 4 is 0 Å². The molecule has 1 rings (SSSR count). The average molecular weight is 264 g/mol. The molecule has 1 aromatic rings. The van der Waals surface area contributed by atoms with Crippen molar-refractivity contribution in [3.8, 4) is 5.75 Å². The van der Waals surface area contributed by atoms with Crippen molar-refractivity contribution in [1.29, 1.82) is 0 Å². The van der Waals surface area contributed by atoms with Crippen LogP contribution in [0, 0.1) is 0 Å². The van der Waals surface area contributed by atoms with Crippen LogP contribution >= 0.6 is 0 Å². The van der Waals surface area contributed by atoms with Gasteiger partial charge in [0.1, 0.15) is 5.60 Å². The highest BCUT2D eigenvalue weighted by atomic mass is 17.2. The van der Waals surface area contributed by atoms with Gasteiger partial charge < -0.3 is 4.89 Å². The van der Waals surface area contributed by atoms with Crippen molar-refractivity contribution in [2.75, 3.05) is 0 Å². The van der Waals surface area contributed by atoms with Gasteiger partial charge in [-0.15, -0.1) is 0 Å². The second-order valence-corrected chi connectivity index (χ2v) is 5.50. The molecule has 0 atom stereocenters. The van der Waals surface area contributed by atoms with E-state index in [0.29, 0.717) is 5.92 Å². The average Bonchev–Trinajstić information content (AvgIpc) is 2.44. The van der Waals surface area contributed by atoms with Crippen LogP contribution in [0.2, 0.25) is 0 Å². The summed E-state index contributed by atoms with van der Waals surface area (Å²) in [6, 6.07) is 8.12. The third-order valence-electron chi connectivity index (χ3n) is 3.84. The summed E-state index contributed by atoms with van der Waals surface area (Å²) in [5.74, 6) is 1.28. The van der Waals surface area contributed by atoms with E-state index in [1.54, 1.807) is 0 Å². The first kappa shape index (κ1) is 16.0. The van der Waals surface area contributed by atoms with E-state index in [-0.39, 0.29) is 5.60 Å². The molecule has 0 spiro atoms. The van der Waals surface area contributed by atoms with Crippen LogP contribution in [0.4, 0.5) is 0 Å². The molecule has 2 heteroatoms. The zero-order chi connectivity index (χ0) is 14.3. The van der Waals surface area contributed by atoms with Gasteiger partial charge in [0.25, 0.3) is 0 Å². The molecule has 0 radical (unpaired) electrons. The molecule has 0 N–H and O–H groups in total. The van der Waals surface area contributed by atoms with Gasteiger partial charge in [-0.05, 0) is 31.2 Å². The van der Waals surface area contributed by atoms with Crippen molar-refractivity contribution in [2.24, 2.45) is 0 Å². The molecule has 19 heavy (non-hydrogen) atoms. The predicted molar refractivity (Wildman–Crippen MR) is 80.5 cm³/mol. The zero-order valence-corrected chi connectivity index (χ0v) is 13.0. The number of benzene rings is 1. The van der Waals surface area contributed by atoms with E-state index in [9.17, 15) is 0 Å². The summed E-state index contributed by atoms with van der Waals surface area (Å²) < 4.78 is 0. The van der Waals surface area contributed by atoms with Crippen molar-refractivity contribution in [2.45, 2.75) is 71.8 Å². The largest absolute Gasteiger partial charge is 0.337 e. The Bertz CT molecular complexity index is 367. The third kappa shape index (κ3) is 4.24. The van der Waals surface area contributed by atoms with E-state index in [0.717, 1.165) is 31.4 Å². The molecule has 1 aromatic carbocycles. The summed E-state index contributed by atoms with van der Waals surface area (Å²) in [7, 11) is 0. The first-order valence-corrected chi connectivity index (χ1v) is 7.53. The summed E-state index contributed by atoms with van der Waals surface area (Å²) in [5, 5.41) is 0. The van der Waals surface area contributed by atoms with Gasteiger partial charge in [-0.2, -0.15) is 4.89 Å². The molecule has 0 unspecified atom stereocenters. The molecule has 0 fully saturated rings. The van der Waals surface area contributed by atoms with Gasteiger partial charge in [-0.1, -0.05) is 59.2 Å². The Morgan fingerprint density at radius 1 is 1.05 bits per heavy atom. The molecular weight excluding hydrogens is 236 g/mol. The third-order valence-corrected chi connectivity index (χ3v) is 3.84. The van der Waals surface area contributed by atoms with Gasteiger partial charge in [0, 0.05) is 5.56 Å². The molecule has 108 valence electrons. The molecule has 2 nitrogen and oxygen atoms in total. The Balaban J connectivity index is 2.79. The molecule has 0 aliphatic rings. The van der Waals surface area contributed by atoms with E-state index in [1.165, 1.54) is 5.56 Å². The fourth-order valence-electron chi connectivity index (χ4n) is 2.39. The standard InChI is InChI=1S/C17H28O2/c1-6-13-17(7-2,8-3)19-18-16-12-10-9-11-15(16)14(4)5/h9-12,14H,6-8,13H2,1-5H3. The molecule has 0 heterocycles. The lowest BCUT2D eigenvalue weighted by Crippen LogP contribution is -2.32. The zero-order valence-electron chi connectivity index (χ0n) is 13.0. The molecular formula is C17H28O2. The Labute approximate surface area is 118 Å². The maximum Gasteiger partial charge on any atom is 0.168 e. The van der Waals surface area contributed by atoms with Crippen molar-refractivity contribution in [1.82, 2.24) is 0 Å². The molecule has 0 aliphatic carbocycles. The summed E-state index contributed by atoms with van der Waals surface area (Å²) in [5.41, 5.74) is 1.04. The molecule has 0 saturated heterocycles. The van der Waals surface area contributed by atoms with Crippen molar-refractivity contribution < 1.29 is 9.78 Å². The van der Waals surface area contributed by atoms with Crippen molar-refractivity contribution in [3.05, 3.63) is 29.8 Å². The predicted octanol–water partition coefficient (Wildman–Crippen LogP) is 5.48. The maximum absolute atomic E-state index is 5.85. The first-order chi connectivity index (χ1) is 9.08.